The van der Waals surface area contributed by atoms with E-state index in [4.69, 9.17) is 5.73 Å². The Bertz CT molecular complexity index is 667. The number of fused-ring (bicyclic) bond motifs is 1. The molecule has 0 aliphatic heterocycles. The number of carbonyl (C=O) groups is 1. The zero-order valence-corrected chi connectivity index (χ0v) is 11.5. The summed E-state index contributed by atoms with van der Waals surface area (Å²) in [5.74, 6) is -0.0909. The van der Waals surface area contributed by atoms with E-state index in [-0.39, 0.29) is 11.9 Å². The van der Waals surface area contributed by atoms with E-state index in [2.05, 4.69) is 22.5 Å². The number of nitrogens with zero attached hydrogens (tertiary/aromatic N) is 1. The molecule has 19 heavy (non-hydrogen) atoms. The third-order valence-electron chi connectivity index (χ3n) is 3.28. The first-order chi connectivity index (χ1) is 9.15. The van der Waals surface area contributed by atoms with Gasteiger partial charge in [0.15, 0.2) is 0 Å². The lowest BCUT2D eigenvalue weighted by atomic mass is 10.2. The zero-order chi connectivity index (χ0) is 13.4. The van der Waals surface area contributed by atoms with E-state index in [0.717, 1.165) is 28.8 Å². The number of aryl methyl sites for hydroxylation is 1. The van der Waals surface area contributed by atoms with Gasteiger partial charge in [0.05, 0.1) is 5.69 Å². The number of carbonyl (C=O) groups excluding carboxylic acids is 1. The van der Waals surface area contributed by atoms with Crippen LogP contribution in [0, 0.1) is 6.92 Å². The average Bonchev–Trinajstić information content (AvgIpc) is 2.97. The van der Waals surface area contributed by atoms with Crippen molar-refractivity contribution in [3.63, 3.8) is 0 Å². The number of aromatic nitrogens is 1. The third kappa shape index (κ3) is 2.21. The summed E-state index contributed by atoms with van der Waals surface area (Å²) in [4.78, 5) is 18.1. The van der Waals surface area contributed by atoms with Gasteiger partial charge >= 0.3 is 0 Å². The van der Waals surface area contributed by atoms with E-state index in [9.17, 15) is 4.79 Å². The Labute approximate surface area is 115 Å². The second-order valence-electron chi connectivity index (χ2n) is 4.76. The fourth-order valence-corrected chi connectivity index (χ4v) is 3.29. The van der Waals surface area contributed by atoms with Crippen molar-refractivity contribution in [3.8, 4) is 0 Å². The Morgan fingerprint density at radius 1 is 1.42 bits per heavy atom. The highest BCUT2D eigenvalue weighted by atomic mass is 32.1. The first kappa shape index (κ1) is 12.2. The van der Waals surface area contributed by atoms with Crippen molar-refractivity contribution in [2.75, 3.05) is 5.73 Å². The molecule has 0 fully saturated rings. The van der Waals surface area contributed by atoms with Crippen LogP contribution in [0.5, 0.6) is 0 Å². The summed E-state index contributed by atoms with van der Waals surface area (Å²) in [5.41, 5.74) is 7.53. The van der Waals surface area contributed by atoms with Gasteiger partial charge in [-0.3, -0.25) is 4.79 Å². The van der Waals surface area contributed by atoms with Gasteiger partial charge in [0.25, 0.3) is 5.91 Å². The Kier molecular flexibility index (Phi) is 2.98. The molecule has 1 aliphatic rings. The van der Waals surface area contributed by atoms with Crippen molar-refractivity contribution >= 4 is 33.1 Å². The van der Waals surface area contributed by atoms with Crippen LogP contribution < -0.4 is 11.1 Å². The Balaban J connectivity index is 1.91. The molecule has 0 aromatic carbocycles. The molecule has 2 heterocycles. The highest BCUT2D eigenvalue weighted by molar-refractivity contribution is 7.21. The number of pyridine rings is 1. The highest BCUT2D eigenvalue weighted by Gasteiger charge is 2.20. The molecule has 1 amide bonds. The molecule has 0 unspecified atom stereocenters. The molecule has 0 saturated carbocycles. The number of thiophene rings is 1. The van der Waals surface area contributed by atoms with Gasteiger partial charge in [-0.05, 0) is 31.9 Å². The number of amides is 1. The molecular weight excluding hydrogens is 258 g/mol. The van der Waals surface area contributed by atoms with E-state index in [1.54, 1.807) is 0 Å². The topological polar surface area (TPSA) is 68.0 Å². The van der Waals surface area contributed by atoms with Crippen molar-refractivity contribution in [2.24, 2.45) is 0 Å². The van der Waals surface area contributed by atoms with Gasteiger partial charge in [-0.25, -0.2) is 4.98 Å². The lowest BCUT2D eigenvalue weighted by Crippen LogP contribution is -2.32. The number of nitrogen functional groups attached to an aromatic ring is 1. The molecule has 2 aromatic heterocycles. The summed E-state index contributed by atoms with van der Waals surface area (Å²) < 4.78 is 0. The van der Waals surface area contributed by atoms with Crippen LogP contribution in [-0.4, -0.2) is 16.9 Å². The van der Waals surface area contributed by atoms with E-state index < -0.39 is 0 Å². The van der Waals surface area contributed by atoms with E-state index in [1.807, 2.05) is 19.1 Å². The second-order valence-corrected chi connectivity index (χ2v) is 5.76. The van der Waals surface area contributed by atoms with Crippen LogP contribution in [0.25, 0.3) is 10.2 Å². The molecule has 0 radical (unpaired) electrons. The quantitative estimate of drug-likeness (QED) is 0.826. The Morgan fingerprint density at radius 3 is 2.89 bits per heavy atom. The van der Waals surface area contributed by atoms with Gasteiger partial charge < -0.3 is 11.1 Å². The Morgan fingerprint density at radius 2 is 2.16 bits per heavy atom. The standard InChI is InChI=1S/C14H15N3OS/c1-8-6-7-10-11(15)12(19-14(10)16-8)13(18)17-9-4-2-3-5-9/h2-3,6-7,9H,4-5,15H2,1H3,(H,17,18). The van der Waals surface area contributed by atoms with Crippen LogP contribution in [0.1, 0.15) is 28.2 Å². The third-order valence-corrected chi connectivity index (χ3v) is 4.40. The largest absolute Gasteiger partial charge is 0.397 e. The molecule has 0 atom stereocenters. The minimum absolute atomic E-state index is 0.0909. The van der Waals surface area contributed by atoms with Crippen molar-refractivity contribution in [1.29, 1.82) is 0 Å². The molecule has 4 nitrogen and oxygen atoms in total. The van der Waals surface area contributed by atoms with Crippen molar-refractivity contribution < 1.29 is 4.79 Å². The Hall–Kier alpha value is -1.88. The minimum atomic E-state index is -0.0909. The van der Waals surface area contributed by atoms with Gasteiger partial charge in [0.1, 0.15) is 9.71 Å². The van der Waals surface area contributed by atoms with Crippen LogP contribution >= 0.6 is 11.3 Å². The van der Waals surface area contributed by atoms with Gasteiger partial charge in [-0.1, -0.05) is 12.2 Å². The van der Waals surface area contributed by atoms with Crippen LogP contribution in [0.15, 0.2) is 24.3 Å². The first-order valence-electron chi connectivity index (χ1n) is 6.26. The van der Waals surface area contributed by atoms with Gasteiger partial charge in [-0.2, -0.15) is 0 Å². The maximum Gasteiger partial charge on any atom is 0.263 e. The maximum absolute atomic E-state index is 12.2. The molecular formula is C14H15N3OS. The summed E-state index contributed by atoms with van der Waals surface area (Å²) in [6.07, 6.45) is 5.97. The minimum Gasteiger partial charge on any atom is -0.397 e. The summed E-state index contributed by atoms with van der Waals surface area (Å²) in [6, 6.07) is 4.04. The van der Waals surface area contributed by atoms with Crippen molar-refractivity contribution in [2.45, 2.75) is 25.8 Å². The number of nitrogens with two attached hydrogens (primary N) is 1. The monoisotopic (exact) mass is 273 g/mol. The molecule has 5 heteroatoms. The maximum atomic E-state index is 12.2. The fraction of sp³-hybridized carbons (Fsp3) is 0.286. The second kappa shape index (κ2) is 4.66. The summed E-state index contributed by atoms with van der Waals surface area (Å²) in [5, 5.41) is 3.88. The van der Waals surface area contributed by atoms with Crippen LogP contribution in [0.2, 0.25) is 0 Å². The summed E-state index contributed by atoms with van der Waals surface area (Å²) >= 11 is 1.36. The predicted molar refractivity (Wildman–Crippen MR) is 78.4 cm³/mol. The van der Waals surface area contributed by atoms with E-state index >= 15 is 0 Å². The van der Waals surface area contributed by atoms with Crippen LogP contribution in [-0.2, 0) is 0 Å². The zero-order valence-electron chi connectivity index (χ0n) is 10.6. The molecule has 3 rings (SSSR count). The molecule has 3 N–H and O–H groups in total. The van der Waals surface area contributed by atoms with E-state index in [1.165, 1.54) is 11.3 Å². The highest BCUT2D eigenvalue weighted by Crippen LogP contribution is 2.32. The lowest BCUT2D eigenvalue weighted by Gasteiger charge is -2.11. The number of hydrogen-bond acceptors (Lipinski definition) is 4. The average molecular weight is 273 g/mol. The lowest BCUT2D eigenvalue weighted by molar-refractivity contribution is 0.0944. The van der Waals surface area contributed by atoms with Crippen molar-refractivity contribution in [1.82, 2.24) is 10.3 Å². The molecule has 0 saturated heterocycles. The molecule has 0 spiro atoms. The fourth-order valence-electron chi connectivity index (χ4n) is 2.24. The first-order valence-corrected chi connectivity index (χ1v) is 7.08. The van der Waals surface area contributed by atoms with Crippen molar-refractivity contribution in [3.05, 3.63) is 34.9 Å². The van der Waals surface area contributed by atoms with Crippen LogP contribution in [0.3, 0.4) is 0 Å². The number of rotatable bonds is 2. The normalized spacial score (nSPS) is 15.2. The summed E-state index contributed by atoms with van der Waals surface area (Å²) in [6.45, 7) is 1.93. The van der Waals surface area contributed by atoms with E-state index in [0.29, 0.717) is 10.6 Å². The molecule has 1 aliphatic carbocycles. The number of anilines is 1. The molecule has 98 valence electrons. The smallest absolute Gasteiger partial charge is 0.263 e. The summed E-state index contributed by atoms with van der Waals surface area (Å²) in [7, 11) is 0. The number of nitrogens with one attached hydrogen (secondary N) is 1. The molecule has 0 bridgehead atoms. The van der Waals surface area contributed by atoms with Gasteiger partial charge in [0.2, 0.25) is 0 Å². The molecule has 2 aromatic rings. The predicted octanol–water partition coefficient (Wildman–Crippen LogP) is 2.64. The van der Waals surface area contributed by atoms with Crippen LogP contribution in [0.4, 0.5) is 5.69 Å². The SMILES string of the molecule is Cc1ccc2c(N)c(C(=O)NC3CC=CC3)sc2n1. The van der Waals surface area contributed by atoms with Gasteiger partial charge in [-0.15, -0.1) is 11.3 Å². The number of hydrogen-bond donors (Lipinski definition) is 2. The van der Waals surface area contributed by atoms with Gasteiger partial charge in [0, 0.05) is 17.1 Å².